The molecule has 2 N–H and O–H groups in total. The monoisotopic (exact) mass is 248 g/mol. The predicted molar refractivity (Wildman–Crippen MR) is 71.1 cm³/mol. The fourth-order valence-electron chi connectivity index (χ4n) is 2.55. The second-order valence-corrected chi connectivity index (χ2v) is 5.28. The van der Waals surface area contributed by atoms with Gasteiger partial charge in [-0.15, -0.1) is 0 Å². The van der Waals surface area contributed by atoms with Crippen LogP contribution in [-0.2, 0) is 6.42 Å². The number of pyridine rings is 1. The fraction of sp³-hybridized carbons (Fsp3) is 0.571. The van der Waals surface area contributed by atoms with E-state index in [0.29, 0.717) is 11.4 Å². The number of carboxylic acid groups (broad SMARTS) is 1. The molecule has 98 valence electrons. The Morgan fingerprint density at radius 1 is 1.44 bits per heavy atom. The van der Waals surface area contributed by atoms with Crippen molar-refractivity contribution in [1.82, 2.24) is 4.98 Å². The summed E-state index contributed by atoms with van der Waals surface area (Å²) < 4.78 is 0. The van der Waals surface area contributed by atoms with Crippen LogP contribution in [0.25, 0.3) is 0 Å². The molecule has 1 aromatic heterocycles. The van der Waals surface area contributed by atoms with Crippen molar-refractivity contribution in [3.05, 3.63) is 23.4 Å². The van der Waals surface area contributed by atoms with Crippen LogP contribution < -0.4 is 5.32 Å². The first-order valence-corrected chi connectivity index (χ1v) is 6.55. The highest BCUT2D eigenvalue weighted by Crippen LogP contribution is 2.32. The molecule has 1 heterocycles. The quantitative estimate of drug-likeness (QED) is 0.859. The summed E-state index contributed by atoms with van der Waals surface area (Å²) >= 11 is 0. The smallest absolute Gasteiger partial charge is 0.335 e. The zero-order valence-corrected chi connectivity index (χ0v) is 11.0. The van der Waals surface area contributed by atoms with Gasteiger partial charge in [0, 0.05) is 11.2 Å². The molecule has 4 nitrogen and oxygen atoms in total. The van der Waals surface area contributed by atoms with Crippen LogP contribution in [0.15, 0.2) is 12.1 Å². The number of nitrogens with zero attached hydrogens (tertiary/aromatic N) is 1. The highest BCUT2D eigenvalue weighted by Gasteiger charge is 2.28. The van der Waals surface area contributed by atoms with Gasteiger partial charge in [-0.25, -0.2) is 9.78 Å². The number of carboxylic acids is 1. The van der Waals surface area contributed by atoms with Crippen LogP contribution in [0.5, 0.6) is 0 Å². The lowest BCUT2D eigenvalue weighted by Gasteiger charge is -2.26. The molecule has 1 saturated carbocycles. The van der Waals surface area contributed by atoms with Crippen LogP contribution in [0.2, 0.25) is 0 Å². The lowest BCUT2D eigenvalue weighted by molar-refractivity contribution is 0.0696. The van der Waals surface area contributed by atoms with Crippen molar-refractivity contribution in [3.8, 4) is 0 Å². The summed E-state index contributed by atoms with van der Waals surface area (Å²) in [5.41, 5.74) is 1.19. The number of nitrogens with one attached hydrogen (secondary N) is 1. The number of rotatable bonds is 4. The summed E-state index contributed by atoms with van der Waals surface area (Å²) in [6.45, 7) is 4.16. The van der Waals surface area contributed by atoms with E-state index in [2.05, 4.69) is 17.2 Å². The molecule has 1 aromatic rings. The normalized spacial score (nSPS) is 17.7. The zero-order chi connectivity index (χ0) is 13.2. The molecule has 0 aliphatic heterocycles. The SMILES string of the molecule is CCc1cc(C(=O)O)cc(NC2(C)CCCC2)n1. The van der Waals surface area contributed by atoms with Gasteiger partial charge in [-0.3, -0.25) is 0 Å². The van der Waals surface area contributed by atoms with Crippen molar-refractivity contribution < 1.29 is 9.90 Å². The summed E-state index contributed by atoms with van der Waals surface area (Å²) in [5, 5.41) is 12.5. The van der Waals surface area contributed by atoms with E-state index in [1.807, 2.05) is 6.92 Å². The van der Waals surface area contributed by atoms with Gasteiger partial charge in [0.2, 0.25) is 0 Å². The highest BCUT2D eigenvalue weighted by molar-refractivity contribution is 5.88. The van der Waals surface area contributed by atoms with E-state index >= 15 is 0 Å². The molecule has 0 radical (unpaired) electrons. The van der Waals surface area contributed by atoms with Gasteiger partial charge in [-0.2, -0.15) is 0 Å². The van der Waals surface area contributed by atoms with Crippen LogP contribution in [0.3, 0.4) is 0 Å². The van der Waals surface area contributed by atoms with Crippen LogP contribution in [0.1, 0.15) is 55.6 Å². The van der Waals surface area contributed by atoms with Gasteiger partial charge < -0.3 is 10.4 Å². The highest BCUT2D eigenvalue weighted by atomic mass is 16.4. The van der Waals surface area contributed by atoms with Crippen molar-refractivity contribution in [2.45, 2.75) is 51.5 Å². The molecule has 1 aliphatic carbocycles. The molecule has 1 aliphatic rings. The van der Waals surface area contributed by atoms with Gasteiger partial charge in [-0.1, -0.05) is 19.8 Å². The van der Waals surface area contributed by atoms with E-state index in [9.17, 15) is 4.79 Å². The summed E-state index contributed by atoms with van der Waals surface area (Å²) in [5.74, 6) is -0.206. The Morgan fingerprint density at radius 3 is 2.67 bits per heavy atom. The van der Waals surface area contributed by atoms with Crippen molar-refractivity contribution in [1.29, 1.82) is 0 Å². The number of aryl methyl sites for hydroxylation is 1. The third-order valence-electron chi connectivity index (χ3n) is 3.62. The van der Waals surface area contributed by atoms with E-state index in [1.165, 1.54) is 12.8 Å². The Morgan fingerprint density at radius 2 is 2.11 bits per heavy atom. The van der Waals surface area contributed by atoms with E-state index in [1.54, 1.807) is 12.1 Å². The van der Waals surface area contributed by atoms with Gasteiger partial charge in [-0.05, 0) is 38.3 Å². The zero-order valence-electron chi connectivity index (χ0n) is 11.0. The standard InChI is InChI=1S/C14H20N2O2/c1-3-11-8-10(13(17)18)9-12(15-11)16-14(2)6-4-5-7-14/h8-9H,3-7H2,1-2H3,(H,15,16)(H,17,18). The third-order valence-corrected chi connectivity index (χ3v) is 3.62. The number of aromatic nitrogens is 1. The number of aromatic carboxylic acids is 1. The van der Waals surface area contributed by atoms with E-state index in [0.717, 1.165) is 25.0 Å². The molecule has 0 unspecified atom stereocenters. The fourth-order valence-corrected chi connectivity index (χ4v) is 2.55. The molecular formula is C14H20N2O2. The molecule has 2 rings (SSSR count). The lowest BCUT2D eigenvalue weighted by atomic mass is 10.0. The lowest BCUT2D eigenvalue weighted by Crippen LogP contribution is -2.31. The Bertz CT molecular complexity index is 451. The van der Waals surface area contributed by atoms with Crippen LogP contribution >= 0.6 is 0 Å². The minimum Gasteiger partial charge on any atom is -0.478 e. The maximum atomic E-state index is 11.1. The van der Waals surface area contributed by atoms with Gasteiger partial charge in [0.15, 0.2) is 0 Å². The molecule has 0 saturated heterocycles. The molecular weight excluding hydrogens is 228 g/mol. The Labute approximate surface area is 107 Å². The number of anilines is 1. The molecule has 0 bridgehead atoms. The van der Waals surface area contributed by atoms with E-state index < -0.39 is 5.97 Å². The maximum absolute atomic E-state index is 11.1. The average Bonchev–Trinajstić information content (AvgIpc) is 2.75. The Kier molecular flexibility index (Phi) is 3.55. The first kappa shape index (κ1) is 12.9. The van der Waals surface area contributed by atoms with Crippen LogP contribution in [-0.4, -0.2) is 21.6 Å². The molecule has 0 atom stereocenters. The van der Waals surface area contributed by atoms with Crippen molar-refractivity contribution in [2.24, 2.45) is 0 Å². The van der Waals surface area contributed by atoms with Crippen molar-refractivity contribution >= 4 is 11.8 Å². The minimum absolute atomic E-state index is 0.0646. The van der Waals surface area contributed by atoms with Gasteiger partial charge in [0.1, 0.15) is 5.82 Å². The second-order valence-electron chi connectivity index (χ2n) is 5.28. The first-order valence-electron chi connectivity index (χ1n) is 6.55. The molecule has 18 heavy (non-hydrogen) atoms. The van der Waals surface area contributed by atoms with Crippen LogP contribution in [0, 0.1) is 0 Å². The van der Waals surface area contributed by atoms with Gasteiger partial charge in [0.05, 0.1) is 5.56 Å². The molecule has 4 heteroatoms. The Hall–Kier alpha value is -1.58. The van der Waals surface area contributed by atoms with Crippen LogP contribution in [0.4, 0.5) is 5.82 Å². The maximum Gasteiger partial charge on any atom is 0.335 e. The minimum atomic E-state index is -0.897. The topological polar surface area (TPSA) is 62.2 Å². The molecule has 0 spiro atoms. The molecule has 1 fully saturated rings. The average molecular weight is 248 g/mol. The van der Waals surface area contributed by atoms with Gasteiger partial charge in [0.25, 0.3) is 0 Å². The van der Waals surface area contributed by atoms with Crippen molar-refractivity contribution in [2.75, 3.05) is 5.32 Å². The largest absolute Gasteiger partial charge is 0.478 e. The van der Waals surface area contributed by atoms with Crippen molar-refractivity contribution in [3.63, 3.8) is 0 Å². The Balaban J connectivity index is 2.26. The molecule has 0 amide bonds. The summed E-state index contributed by atoms with van der Waals surface area (Å²) in [6.07, 6.45) is 5.43. The first-order chi connectivity index (χ1) is 8.52. The number of carbonyl (C=O) groups is 1. The number of hydrogen-bond acceptors (Lipinski definition) is 3. The third kappa shape index (κ3) is 2.81. The second kappa shape index (κ2) is 4.96. The predicted octanol–water partition coefficient (Wildman–Crippen LogP) is 3.09. The summed E-state index contributed by atoms with van der Waals surface area (Å²) in [7, 11) is 0. The molecule has 0 aromatic carbocycles. The summed E-state index contributed by atoms with van der Waals surface area (Å²) in [4.78, 5) is 15.6. The van der Waals surface area contributed by atoms with E-state index in [4.69, 9.17) is 5.11 Å². The number of hydrogen-bond donors (Lipinski definition) is 2. The summed E-state index contributed by atoms with van der Waals surface area (Å²) in [6, 6.07) is 3.27. The van der Waals surface area contributed by atoms with Gasteiger partial charge >= 0.3 is 5.97 Å². The van der Waals surface area contributed by atoms with E-state index in [-0.39, 0.29) is 5.54 Å².